The molecule has 1 saturated carbocycles. The first kappa shape index (κ1) is 19.9. The second kappa shape index (κ2) is 8.93. The van der Waals surface area contributed by atoms with Crippen molar-refractivity contribution >= 4 is 28.7 Å². The van der Waals surface area contributed by atoms with E-state index in [0.717, 1.165) is 55.6 Å². The van der Waals surface area contributed by atoms with Crippen molar-refractivity contribution in [1.29, 1.82) is 0 Å². The molecule has 1 saturated heterocycles. The van der Waals surface area contributed by atoms with E-state index in [-0.39, 0.29) is 5.91 Å². The minimum atomic E-state index is 0.175. The van der Waals surface area contributed by atoms with Gasteiger partial charge in [-0.05, 0) is 56.6 Å². The van der Waals surface area contributed by atoms with Gasteiger partial charge >= 0.3 is 0 Å². The van der Waals surface area contributed by atoms with Crippen LogP contribution in [0.2, 0.25) is 0 Å². The van der Waals surface area contributed by atoms with Gasteiger partial charge in [-0.25, -0.2) is 9.97 Å². The number of carbonyl (C=O) groups is 1. The van der Waals surface area contributed by atoms with Crippen LogP contribution in [0.4, 0.5) is 11.8 Å². The van der Waals surface area contributed by atoms with Crippen molar-refractivity contribution in [2.45, 2.75) is 70.9 Å². The third-order valence-electron chi connectivity index (χ3n) is 5.88. The average Bonchev–Trinajstić information content (AvgIpc) is 3.23. The first-order valence-electron chi connectivity index (χ1n) is 11.0. The van der Waals surface area contributed by atoms with E-state index in [1.807, 2.05) is 6.20 Å². The molecule has 2 N–H and O–H groups in total. The van der Waals surface area contributed by atoms with E-state index in [4.69, 9.17) is 4.98 Å². The maximum atomic E-state index is 12.0. The Bertz CT molecular complexity index is 840. The lowest BCUT2D eigenvalue weighted by Gasteiger charge is -2.29. The Labute approximate surface area is 172 Å². The van der Waals surface area contributed by atoms with Crippen LogP contribution in [0.15, 0.2) is 18.3 Å². The summed E-state index contributed by atoms with van der Waals surface area (Å²) in [6.45, 7) is 6.30. The second-order valence-electron chi connectivity index (χ2n) is 8.83. The third-order valence-corrected chi connectivity index (χ3v) is 5.88. The molecule has 1 amide bonds. The molecule has 2 fully saturated rings. The van der Waals surface area contributed by atoms with Crippen molar-refractivity contribution in [3.05, 3.63) is 18.3 Å². The van der Waals surface area contributed by atoms with Crippen LogP contribution < -0.4 is 15.5 Å². The molecule has 1 aliphatic carbocycles. The summed E-state index contributed by atoms with van der Waals surface area (Å²) in [5.41, 5.74) is 0.751. The average molecular weight is 397 g/mol. The lowest BCUT2D eigenvalue weighted by Crippen LogP contribution is -2.40. The number of nitrogens with one attached hydrogen (secondary N) is 2. The normalized spacial score (nSPS) is 22.2. The molecule has 156 valence electrons. The summed E-state index contributed by atoms with van der Waals surface area (Å²) in [4.78, 5) is 28.2. The molecular weight excluding hydrogens is 364 g/mol. The molecule has 0 spiro atoms. The first-order chi connectivity index (χ1) is 14.1. The van der Waals surface area contributed by atoms with Crippen LogP contribution in [0.5, 0.6) is 0 Å². The number of fused-ring (bicyclic) bond motifs is 1. The first-order valence-corrected chi connectivity index (χ1v) is 11.0. The van der Waals surface area contributed by atoms with Gasteiger partial charge in [-0.1, -0.05) is 13.8 Å². The summed E-state index contributed by atoms with van der Waals surface area (Å²) in [5.74, 6) is 2.24. The maximum Gasteiger partial charge on any atom is 0.224 e. The van der Waals surface area contributed by atoms with Crippen LogP contribution in [0.25, 0.3) is 11.0 Å². The molecule has 2 aliphatic rings. The number of amides is 1. The predicted octanol–water partition coefficient (Wildman–Crippen LogP) is 3.51. The topological polar surface area (TPSA) is 83.0 Å². The van der Waals surface area contributed by atoms with Gasteiger partial charge in [0.25, 0.3) is 0 Å². The van der Waals surface area contributed by atoms with Gasteiger partial charge in [-0.15, -0.1) is 0 Å². The Kier molecular flexibility index (Phi) is 6.11. The number of carbonyl (C=O) groups excluding carboxylic acids is 1. The van der Waals surface area contributed by atoms with Crippen molar-refractivity contribution < 1.29 is 4.79 Å². The van der Waals surface area contributed by atoms with Crippen LogP contribution in [-0.2, 0) is 4.79 Å². The Hall–Kier alpha value is -2.44. The summed E-state index contributed by atoms with van der Waals surface area (Å²) in [7, 11) is 0. The summed E-state index contributed by atoms with van der Waals surface area (Å²) < 4.78 is 0. The fourth-order valence-electron chi connectivity index (χ4n) is 4.31. The van der Waals surface area contributed by atoms with Crippen LogP contribution in [0, 0.1) is 5.92 Å². The largest absolute Gasteiger partial charge is 0.357 e. The van der Waals surface area contributed by atoms with Gasteiger partial charge in [0.1, 0.15) is 5.82 Å². The fourth-order valence-corrected chi connectivity index (χ4v) is 4.31. The summed E-state index contributed by atoms with van der Waals surface area (Å²) in [6.07, 6.45) is 8.93. The standard InChI is InChI=1S/C22H32N6O/c1-15(2)13-20(29)24-17-6-8-18(9-7-17)25-22-23-14-16-5-10-19(26-21(16)27-22)28-11-3-4-12-28/h5,10,14-15,17-18H,3-4,6-9,11-13H2,1-2H3,(H,24,29)(H,23,25,26,27). The minimum absolute atomic E-state index is 0.175. The molecule has 2 aromatic rings. The van der Waals surface area contributed by atoms with Gasteiger partial charge in [0.2, 0.25) is 11.9 Å². The zero-order valence-corrected chi connectivity index (χ0v) is 17.5. The van der Waals surface area contributed by atoms with Crippen molar-refractivity contribution in [3.63, 3.8) is 0 Å². The number of anilines is 2. The highest BCUT2D eigenvalue weighted by molar-refractivity contribution is 5.77. The Morgan fingerprint density at radius 1 is 1.10 bits per heavy atom. The molecule has 4 rings (SSSR count). The van der Waals surface area contributed by atoms with E-state index >= 15 is 0 Å². The van der Waals surface area contributed by atoms with Crippen molar-refractivity contribution in [1.82, 2.24) is 20.3 Å². The summed E-state index contributed by atoms with van der Waals surface area (Å²) in [6, 6.07) is 4.76. The number of aromatic nitrogens is 3. The number of hydrogen-bond donors (Lipinski definition) is 2. The molecule has 7 heteroatoms. The molecular formula is C22H32N6O. The number of rotatable bonds is 6. The quantitative estimate of drug-likeness (QED) is 0.777. The molecule has 0 atom stereocenters. The Balaban J connectivity index is 1.34. The Morgan fingerprint density at radius 3 is 2.55 bits per heavy atom. The number of pyridine rings is 1. The molecule has 2 aromatic heterocycles. The number of hydrogen-bond acceptors (Lipinski definition) is 6. The lowest BCUT2D eigenvalue weighted by atomic mass is 9.91. The fraction of sp³-hybridized carbons (Fsp3) is 0.636. The molecule has 3 heterocycles. The second-order valence-corrected chi connectivity index (χ2v) is 8.83. The SMILES string of the molecule is CC(C)CC(=O)NC1CCC(Nc2ncc3ccc(N4CCCC4)nc3n2)CC1. The molecule has 0 bridgehead atoms. The molecule has 1 aliphatic heterocycles. The van der Waals surface area contributed by atoms with Gasteiger partial charge < -0.3 is 15.5 Å². The molecule has 7 nitrogen and oxygen atoms in total. The third kappa shape index (κ3) is 5.14. The lowest BCUT2D eigenvalue weighted by molar-refractivity contribution is -0.122. The van der Waals surface area contributed by atoms with Crippen LogP contribution >= 0.6 is 0 Å². The highest BCUT2D eigenvalue weighted by atomic mass is 16.1. The zero-order valence-electron chi connectivity index (χ0n) is 17.5. The van der Waals surface area contributed by atoms with E-state index < -0.39 is 0 Å². The highest BCUT2D eigenvalue weighted by Crippen LogP contribution is 2.24. The molecule has 29 heavy (non-hydrogen) atoms. The Morgan fingerprint density at radius 2 is 1.83 bits per heavy atom. The summed E-state index contributed by atoms with van der Waals surface area (Å²) >= 11 is 0. The van der Waals surface area contributed by atoms with Gasteiger partial charge in [0.05, 0.1) is 0 Å². The molecule has 0 aromatic carbocycles. The van der Waals surface area contributed by atoms with E-state index in [0.29, 0.717) is 30.4 Å². The number of nitrogens with zero attached hydrogens (tertiary/aromatic N) is 4. The highest BCUT2D eigenvalue weighted by Gasteiger charge is 2.23. The van der Waals surface area contributed by atoms with Crippen molar-refractivity contribution in [2.24, 2.45) is 5.92 Å². The van der Waals surface area contributed by atoms with Crippen molar-refractivity contribution in [2.75, 3.05) is 23.3 Å². The van der Waals surface area contributed by atoms with Crippen LogP contribution in [0.3, 0.4) is 0 Å². The monoisotopic (exact) mass is 396 g/mol. The van der Waals surface area contributed by atoms with E-state index in [1.165, 1.54) is 12.8 Å². The van der Waals surface area contributed by atoms with Gasteiger partial charge in [-0.2, -0.15) is 4.98 Å². The smallest absolute Gasteiger partial charge is 0.224 e. The van der Waals surface area contributed by atoms with Gasteiger partial charge in [-0.3, -0.25) is 4.79 Å². The van der Waals surface area contributed by atoms with E-state index in [1.54, 1.807) is 0 Å². The van der Waals surface area contributed by atoms with Gasteiger partial charge in [0.15, 0.2) is 5.65 Å². The zero-order chi connectivity index (χ0) is 20.2. The van der Waals surface area contributed by atoms with Gasteiger partial charge in [0, 0.05) is 43.2 Å². The van der Waals surface area contributed by atoms with E-state index in [2.05, 4.69) is 51.5 Å². The van der Waals surface area contributed by atoms with Crippen molar-refractivity contribution in [3.8, 4) is 0 Å². The molecule has 0 radical (unpaired) electrons. The summed E-state index contributed by atoms with van der Waals surface area (Å²) in [5, 5.41) is 7.63. The van der Waals surface area contributed by atoms with Crippen LogP contribution in [0.1, 0.15) is 58.8 Å². The molecule has 0 unspecified atom stereocenters. The van der Waals surface area contributed by atoms with Crippen LogP contribution in [-0.4, -0.2) is 46.0 Å². The maximum absolute atomic E-state index is 12.0. The predicted molar refractivity (Wildman–Crippen MR) is 116 cm³/mol. The minimum Gasteiger partial charge on any atom is -0.357 e. The van der Waals surface area contributed by atoms with E-state index in [9.17, 15) is 4.79 Å².